The summed E-state index contributed by atoms with van der Waals surface area (Å²) in [6, 6.07) is 58.7. The number of fused-ring (bicyclic) bond motifs is 12. The van der Waals surface area contributed by atoms with Crippen LogP contribution in [0.4, 0.5) is 0 Å². The van der Waals surface area contributed by atoms with Crippen molar-refractivity contribution < 1.29 is 0 Å². The van der Waals surface area contributed by atoms with Crippen LogP contribution >= 0.6 is 0 Å². The van der Waals surface area contributed by atoms with Crippen LogP contribution in [0, 0.1) is 0 Å². The lowest BCUT2D eigenvalue weighted by Crippen LogP contribution is -2.15. The van der Waals surface area contributed by atoms with Gasteiger partial charge in [-0.2, -0.15) is 0 Å². The summed E-state index contributed by atoms with van der Waals surface area (Å²) in [7, 11) is 8.64. The van der Waals surface area contributed by atoms with Crippen LogP contribution in [-0.2, 0) is 60.7 Å². The first-order valence-electron chi connectivity index (χ1n) is 29.7. The van der Waals surface area contributed by atoms with Gasteiger partial charge < -0.3 is 18.3 Å². The average Bonchev–Trinajstić information content (AvgIpc) is 4.26. The zero-order valence-corrected chi connectivity index (χ0v) is 53.5. The van der Waals surface area contributed by atoms with E-state index in [1.165, 1.54) is 121 Å². The summed E-state index contributed by atoms with van der Waals surface area (Å²) in [6.45, 7) is 41.0. The van der Waals surface area contributed by atoms with Gasteiger partial charge in [0.15, 0.2) is 0 Å². The molecule has 0 radical (unpaired) electrons. The molecule has 81 heavy (non-hydrogen) atoms. The van der Waals surface area contributed by atoms with Gasteiger partial charge >= 0.3 is 0 Å². The summed E-state index contributed by atoms with van der Waals surface area (Å²) in [6.07, 6.45) is 1.16. The number of hydrogen-bond donors (Lipinski definition) is 0. The van der Waals surface area contributed by atoms with E-state index in [2.05, 4.69) is 329 Å². The molecule has 0 fully saturated rings. The fourth-order valence-corrected chi connectivity index (χ4v) is 11.7. The minimum atomic E-state index is 0.179. The second-order valence-electron chi connectivity index (χ2n) is 29.1. The van der Waals surface area contributed by atoms with Gasteiger partial charge in [0, 0.05) is 115 Å². The van der Waals surface area contributed by atoms with E-state index in [0.29, 0.717) is 0 Å². The van der Waals surface area contributed by atoms with E-state index >= 15 is 0 Å². The summed E-state index contributed by atoms with van der Waals surface area (Å²) < 4.78 is 9.21. The normalized spacial score (nSPS) is 12.9. The van der Waals surface area contributed by atoms with E-state index < -0.39 is 0 Å². The molecule has 0 amide bonds. The Morgan fingerprint density at radius 2 is 0.457 bits per heavy atom. The predicted molar refractivity (Wildman–Crippen MR) is 359 cm³/mol. The van der Waals surface area contributed by atoms with Crippen LogP contribution in [0.5, 0.6) is 0 Å². The van der Waals surface area contributed by atoms with Gasteiger partial charge in [0.2, 0.25) is 0 Å². The lowest BCUT2D eigenvalue weighted by Gasteiger charge is -2.23. The molecule has 12 aromatic rings. The summed E-state index contributed by atoms with van der Waals surface area (Å²) >= 11 is 0. The highest BCUT2D eigenvalue weighted by atomic mass is 15.0. The smallest absolute Gasteiger partial charge is 0.0491 e. The topological polar surface area (TPSA) is 19.7 Å². The van der Waals surface area contributed by atoms with E-state index in [1.807, 2.05) is 0 Å². The Labute approximate surface area is 485 Å². The first-order valence-corrected chi connectivity index (χ1v) is 29.7. The van der Waals surface area contributed by atoms with Crippen LogP contribution < -0.4 is 0 Å². The maximum atomic E-state index is 2.38. The van der Waals surface area contributed by atoms with Crippen molar-refractivity contribution in [2.24, 2.45) is 28.2 Å². The number of aryl methyl sites for hydroxylation is 4. The van der Waals surface area contributed by atoms with Crippen molar-refractivity contribution in [1.29, 1.82) is 0 Å². The number of benzene rings is 8. The third-order valence-corrected chi connectivity index (χ3v) is 17.8. The molecule has 0 N–H and O–H groups in total. The Balaban J connectivity index is 0.000000131. The van der Waals surface area contributed by atoms with Crippen molar-refractivity contribution in [1.82, 2.24) is 18.3 Å². The van der Waals surface area contributed by atoms with Gasteiger partial charge in [-0.15, -0.1) is 0 Å². The van der Waals surface area contributed by atoms with Crippen LogP contribution in [0.15, 0.2) is 158 Å². The highest BCUT2D eigenvalue weighted by molar-refractivity contribution is 6.11. The Hall–Kier alpha value is -7.04. The van der Waals surface area contributed by atoms with Crippen LogP contribution in [0.3, 0.4) is 0 Å². The third kappa shape index (κ3) is 11.3. The molecule has 0 aliphatic rings. The van der Waals surface area contributed by atoms with Gasteiger partial charge in [-0.3, -0.25) is 0 Å². The van der Waals surface area contributed by atoms with Crippen molar-refractivity contribution in [3.8, 4) is 0 Å². The fourth-order valence-electron chi connectivity index (χ4n) is 11.7. The number of aromatic nitrogens is 4. The molecule has 0 aliphatic heterocycles. The zero-order chi connectivity index (χ0) is 59.1. The molecule has 8 aromatic carbocycles. The minimum absolute atomic E-state index is 0.179. The van der Waals surface area contributed by atoms with Crippen LogP contribution in [0.2, 0.25) is 0 Å². The molecule has 4 heteroatoms. The van der Waals surface area contributed by atoms with Crippen molar-refractivity contribution in [2.75, 3.05) is 0 Å². The molecule has 0 atom stereocenters. The number of para-hydroxylation sites is 2. The van der Waals surface area contributed by atoms with E-state index in [4.69, 9.17) is 0 Å². The van der Waals surface area contributed by atoms with Crippen molar-refractivity contribution >= 4 is 87.2 Å². The Bertz CT molecular complexity index is 4150. The fraction of sp³-hybridized carbons (Fsp3) is 0.377. The second-order valence-corrected chi connectivity index (χ2v) is 29.1. The SMILES string of the molecule is CCC(C)(C)c1ccc2c(c1)c1ccccc1n2C.Cn1c2cc(C(C)(C)C)ccc2c2ccc(C(C)(C)C)cc21.Cn1c2ccc(C(C)(C)C)cc2c2cc(C(C)(C)C)ccc21.Cn1c2ccccc2c2cc(C(C)(C)C)ccc21. The molecule has 4 heterocycles. The largest absolute Gasteiger partial charge is 0.344 e. The number of nitrogens with zero attached hydrogens (tertiary/aromatic N) is 4. The highest BCUT2D eigenvalue weighted by Crippen LogP contribution is 2.39. The summed E-state index contributed by atoms with van der Waals surface area (Å²) in [5.41, 5.74) is 20.1. The third-order valence-electron chi connectivity index (χ3n) is 17.8. The highest BCUT2D eigenvalue weighted by Gasteiger charge is 2.23. The van der Waals surface area contributed by atoms with Gasteiger partial charge in [0.25, 0.3) is 0 Å². The van der Waals surface area contributed by atoms with Gasteiger partial charge in [-0.1, -0.05) is 210 Å². The van der Waals surface area contributed by atoms with E-state index in [9.17, 15) is 0 Å². The Morgan fingerprint density at radius 3 is 0.765 bits per heavy atom. The van der Waals surface area contributed by atoms with Gasteiger partial charge in [-0.25, -0.2) is 0 Å². The maximum Gasteiger partial charge on any atom is 0.0491 e. The Morgan fingerprint density at radius 1 is 0.235 bits per heavy atom. The van der Waals surface area contributed by atoms with Crippen LogP contribution in [-0.4, -0.2) is 18.3 Å². The first-order chi connectivity index (χ1) is 37.7. The molecular weight excluding hydrogens is 981 g/mol. The molecule has 422 valence electrons. The molecule has 4 nitrogen and oxygen atoms in total. The molecule has 0 saturated heterocycles. The van der Waals surface area contributed by atoms with Crippen LogP contribution in [0.25, 0.3) is 87.2 Å². The van der Waals surface area contributed by atoms with Crippen molar-refractivity contribution in [3.63, 3.8) is 0 Å². The van der Waals surface area contributed by atoms with Gasteiger partial charge in [0.05, 0.1) is 0 Å². The summed E-state index contributed by atoms with van der Waals surface area (Å²) in [5, 5.41) is 10.9. The van der Waals surface area contributed by atoms with Crippen molar-refractivity contribution in [3.05, 3.63) is 191 Å². The standard InChI is InChI=1S/2C21H27N.C18H21N.C17H19N/c1-20(2,3)14-8-10-18-16(12-14)17-13-15(21(4,5)6)9-11-19(17)22(18)7;1-20(2,3)14-8-10-16-17-11-9-15(21(4,5)6)13-19(17)22(7)18(16)12-14;1-5-18(2,3)13-10-11-17-15(12-13)14-8-6-7-9-16(14)19(17)4;1-17(2,3)12-9-10-16-14(11-12)13-7-5-6-8-15(13)18(16)4/h2*8-13H,1-7H3;6-12H,5H2,1-4H3;5-11H,1-4H3. The van der Waals surface area contributed by atoms with E-state index in [1.54, 1.807) is 0 Å². The molecule has 0 unspecified atom stereocenters. The zero-order valence-electron chi connectivity index (χ0n) is 53.5. The number of hydrogen-bond acceptors (Lipinski definition) is 0. The summed E-state index contributed by atoms with van der Waals surface area (Å²) in [5.74, 6) is 0. The number of rotatable bonds is 2. The Kier molecular flexibility index (Phi) is 15.2. The molecular formula is C77H94N4. The monoisotopic (exact) mass is 1070 g/mol. The quantitative estimate of drug-likeness (QED) is 0.164. The minimum Gasteiger partial charge on any atom is -0.344 e. The summed E-state index contributed by atoms with van der Waals surface area (Å²) in [4.78, 5) is 0. The molecule has 0 saturated carbocycles. The molecule has 12 rings (SSSR count). The maximum absolute atomic E-state index is 2.38. The average molecular weight is 1080 g/mol. The lowest BCUT2D eigenvalue weighted by molar-refractivity contribution is 0.507. The predicted octanol–water partition coefficient (Wildman–Crippen LogP) is 21.5. The van der Waals surface area contributed by atoms with E-state index in [0.717, 1.165) is 6.42 Å². The van der Waals surface area contributed by atoms with Crippen molar-refractivity contribution in [2.45, 2.75) is 164 Å². The second kappa shape index (κ2) is 21.1. The van der Waals surface area contributed by atoms with Crippen LogP contribution in [0.1, 0.15) is 164 Å². The van der Waals surface area contributed by atoms with Gasteiger partial charge in [-0.05, 0) is 145 Å². The molecule has 4 aromatic heterocycles. The molecule has 0 bridgehead atoms. The first kappa shape index (κ1) is 58.6. The van der Waals surface area contributed by atoms with E-state index in [-0.39, 0.29) is 32.5 Å². The molecule has 0 spiro atoms. The van der Waals surface area contributed by atoms with Gasteiger partial charge in [0.1, 0.15) is 0 Å². The molecule has 0 aliphatic carbocycles. The lowest BCUT2D eigenvalue weighted by atomic mass is 9.82.